The molecule has 0 aromatic carbocycles. The summed E-state index contributed by atoms with van der Waals surface area (Å²) >= 11 is 0. The number of likely N-dealkylation sites (tertiary alicyclic amines) is 1. The van der Waals surface area contributed by atoms with Crippen LogP contribution >= 0.6 is 12.4 Å². The Hall–Kier alpha value is -0.850. The van der Waals surface area contributed by atoms with Gasteiger partial charge in [-0.05, 0) is 53.6 Å². The van der Waals surface area contributed by atoms with Crippen LogP contribution in [0.4, 0.5) is 0 Å². The highest BCUT2D eigenvalue weighted by Crippen LogP contribution is 2.18. The van der Waals surface area contributed by atoms with Crippen LogP contribution in [0, 0.1) is 0 Å². The number of amides is 1. The van der Waals surface area contributed by atoms with E-state index in [1.54, 1.807) is 0 Å². The van der Waals surface area contributed by atoms with E-state index in [-0.39, 0.29) is 36.9 Å². The van der Waals surface area contributed by atoms with E-state index in [0.29, 0.717) is 0 Å². The third kappa shape index (κ3) is 6.65. The number of carbonyl (C=O) groups is 2. The van der Waals surface area contributed by atoms with Crippen LogP contribution in [-0.4, -0.2) is 83.5 Å². The van der Waals surface area contributed by atoms with Crippen molar-refractivity contribution in [1.82, 2.24) is 14.7 Å². The van der Waals surface area contributed by atoms with Gasteiger partial charge in [-0.15, -0.1) is 12.4 Å². The highest BCUT2D eigenvalue weighted by molar-refractivity contribution is 5.85. The van der Waals surface area contributed by atoms with E-state index in [1.807, 2.05) is 37.6 Å². The molecule has 1 saturated heterocycles. The minimum absolute atomic E-state index is 0. The fourth-order valence-electron chi connectivity index (χ4n) is 3.23. The van der Waals surface area contributed by atoms with Gasteiger partial charge in [0, 0.05) is 25.7 Å². The number of halogens is 1. The Morgan fingerprint density at radius 1 is 1.22 bits per heavy atom. The van der Waals surface area contributed by atoms with Crippen LogP contribution in [0.25, 0.3) is 0 Å². The molecular weight excluding hydrogens is 318 g/mol. The summed E-state index contributed by atoms with van der Waals surface area (Å²) in [5, 5.41) is 8.91. The second-order valence-electron chi connectivity index (χ2n) is 6.12. The van der Waals surface area contributed by atoms with Crippen molar-refractivity contribution in [2.24, 2.45) is 0 Å². The van der Waals surface area contributed by atoms with Crippen molar-refractivity contribution in [3.63, 3.8) is 0 Å². The van der Waals surface area contributed by atoms with Gasteiger partial charge >= 0.3 is 5.97 Å². The fraction of sp³-hybridized carbons (Fsp3) is 0.875. The topological polar surface area (TPSA) is 64.1 Å². The standard InChI is InChI=1S/C16H31N3O3.ClH/c1-5-18(6-2)16(22)13(3)19-10-7-8-14(9-11-19)17(4)12-15(20)21;/h13-14H,5-12H2,1-4H3,(H,20,21);1H. The molecule has 1 aliphatic rings. The van der Waals surface area contributed by atoms with Gasteiger partial charge in [0.1, 0.15) is 0 Å². The lowest BCUT2D eigenvalue weighted by Gasteiger charge is -2.31. The molecule has 1 N–H and O–H groups in total. The summed E-state index contributed by atoms with van der Waals surface area (Å²) in [6.07, 6.45) is 2.91. The van der Waals surface area contributed by atoms with E-state index < -0.39 is 5.97 Å². The summed E-state index contributed by atoms with van der Waals surface area (Å²) < 4.78 is 0. The zero-order chi connectivity index (χ0) is 16.7. The van der Waals surface area contributed by atoms with E-state index in [9.17, 15) is 9.59 Å². The summed E-state index contributed by atoms with van der Waals surface area (Å²) in [7, 11) is 1.87. The molecule has 0 spiro atoms. The van der Waals surface area contributed by atoms with Gasteiger partial charge in [0.15, 0.2) is 0 Å². The van der Waals surface area contributed by atoms with E-state index in [1.165, 1.54) is 0 Å². The average molecular weight is 350 g/mol. The van der Waals surface area contributed by atoms with Crippen LogP contribution in [0.2, 0.25) is 0 Å². The van der Waals surface area contributed by atoms with Crippen LogP contribution in [0.3, 0.4) is 0 Å². The number of rotatable bonds is 7. The quantitative estimate of drug-likeness (QED) is 0.755. The highest BCUT2D eigenvalue weighted by atomic mass is 35.5. The van der Waals surface area contributed by atoms with Crippen LogP contribution in [0.15, 0.2) is 0 Å². The monoisotopic (exact) mass is 349 g/mol. The maximum Gasteiger partial charge on any atom is 0.317 e. The highest BCUT2D eigenvalue weighted by Gasteiger charge is 2.28. The first-order valence-electron chi connectivity index (χ1n) is 8.35. The Morgan fingerprint density at radius 3 is 2.35 bits per heavy atom. The van der Waals surface area contributed by atoms with Crippen LogP contribution < -0.4 is 0 Å². The van der Waals surface area contributed by atoms with Gasteiger partial charge in [0.05, 0.1) is 12.6 Å². The number of carboxylic acids is 1. The lowest BCUT2D eigenvalue weighted by molar-refractivity contribution is -0.138. The lowest BCUT2D eigenvalue weighted by atomic mass is 10.1. The minimum atomic E-state index is -0.784. The molecule has 2 atom stereocenters. The second kappa shape index (κ2) is 10.8. The molecule has 1 amide bonds. The largest absolute Gasteiger partial charge is 0.480 e. The van der Waals surface area contributed by atoms with Crippen molar-refractivity contribution in [2.75, 3.05) is 39.8 Å². The van der Waals surface area contributed by atoms with Crippen molar-refractivity contribution < 1.29 is 14.7 Å². The van der Waals surface area contributed by atoms with E-state index in [4.69, 9.17) is 5.11 Å². The van der Waals surface area contributed by atoms with Gasteiger partial charge in [-0.25, -0.2) is 0 Å². The first kappa shape index (κ1) is 22.1. The summed E-state index contributed by atoms with van der Waals surface area (Å²) in [6, 6.07) is 0.195. The molecule has 6 nitrogen and oxygen atoms in total. The van der Waals surface area contributed by atoms with E-state index >= 15 is 0 Å². The zero-order valence-corrected chi connectivity index (χ0v) is 15.6. The Labute approximate surface area is 146 Å². The molecule has 136 valence electrons. The Balaban J connectivity index is 0.00000484. The summed E-state index contributed by atoms with van der Waals surface area (Å²) in [6.45, 7) is 9.34. The molecule has 2 unspecified atom stereocenters. The lowest BCUT2D eigenvalue weighted by Crippen LogP contribution is -2.47. The average Bonchev–Trinajstić information content (AvgIpc) is 2.72. The molecule has 23 heavy (non-hydrogen) atoms. The Morgan fingerprint density at radius 2 is 1.83 bits per heavy atom. The van der Waals surface area contributed by atoms with Gasteiger partial charge < -0.3 is 10.0 Å². The molecule has 0 saturated carbocycles. The summed E-state index contributed by atoms with van der Waals surface area (Å²) in [5.74, 6) is -0.587. The predicted molar refractivity (Wildman–Crippen MR) is 94.1 cm³/mol. The van der Waals surface area contributed by atoms with Crippen molar-refractivity contribution in [1.29, 1.82) is 0 Å². The molecule has 0 bridgehead atoms. The van der Waals surface area contributed by atoms with Gasteiger partial charge in [0.25, 0.3) is 0 Å². The molecule has 0 aliphatic carbocycles. The van der Waals surface area contributed by atoms with Crippen molar-refractivity contribution >= 4 is 24.3 Å². The smallest absolute Gasteiger partial charge is 0.317 e. The van der Waals surface area contributed by atoms with Crippen LogP contribution in [0.1, 0.15) is 40.0 Å². The third-order valence-corrected chi connectivity index (χ3v) is 4.72. The third-order valence-electron chi connectivity index (χ3n) is 4.72. The van der Waals surface area contributed by atoms with Gasteiger partial charge in [-0.3, -0.25) is 19.4 Å². The molecule has 0 aromatic heterocycles. The van der Waals surface area contributed by atoms with Gasteiger partial charge in [-0.1, -0.05) is 0 Å². The van der Waals surface area contributed by atoms with E-state index in [2.05, 4.69) is 4.90 Å². The summed E-state index contributed by atoms with van der Waals surface area (Å²) in [4.78, 5) is 29.4. The number of carbonyl (C=O) groups excluding carboxylic acids is 1. The second-order valence-corrected chi connectivity index (χ2v) is 6.12. The summed E-state index contributed by atoms with van der Waals surface area (Å²) in [5.41, 5.74) is 0. The van der Waals surface area contributed by atoms with Crippen molar-refractivity contribution in [2.45, 2.75) is 52.1 Å². The van der Waals surface area contributed by atoms with Crippen LogP contribution in [0.5, 0.6) is 0 Å². The Bertz CT molecular complexity index is 378. The fourth-order valence-corrected chi connectivity index (χ4v) is 3.23. The molecule has 1 fully saturated rings. The maximum atomic E-state index is 12.5. The van der Waals surface area contributed by atoms with Crippen molar-refractivity contribution in [3.05, 3.63) is 0 Å². The van der Waals surface area contributed by atoms with Gasteiger partial charge in [-0.2, -0.15) is 0 Å². The molecule has 1 rings (SSSR count). The predicted octanol–water partition coefficient (Wildman–Crippen LogP) is 1.54. The van der Waals surface area contributed by atoms with E-state index in [0.717, 1.165) is 45.4 Å². The zero-order valence-electron chi connectivity index (χ0n) is 14.8. The number of likely N-dealkylation sites (N-methyl/N-ethyl adjacent to an activating group) is 2. The molecule has 1 heterocycles. The SMILES string of the molecule is CCN(CC)C(=O)C(C)N1CCCC(N(C)CC(=O)O)CC1.Cl. The minimum Gasteiger partial charge on any atom is -0.480 e. The number of nitrogens with zero attached hydrogens (tertiary/aromatic N) is 3. The number of carboxylic acid groups (broad SMARTS) is 1. The molecule has 1 aliphatic heterocycles. The maximum absolute atomic E-state index is 12.5. The molecule has 0 radical (unpaired) electrons. The first-order chi connectivity index (χ1) is 10.4. The number of hydrogen-bond acceptors (Lipinski definition) is 4. The molecule has 7 heteroatoms. The number of hydrogen-bond donors (Lipinski definition) is 1. The number of aliphatic carboxylic acids is 1. The van der Waals surface area contributed by atoms with Crippen LogP contribution in [-0.2, 0) is 9.59 Å². The normalized spacial score (nSPS) is 20.5. The van der Waals surface area contributed by atoms with Gasteiger partial charge in [0.2, 0.25) is 5.91 Å². The molecule has 0 aromatic rings. The van der Waals surface area contributed by atoms with Crippen molar-refractivity contribution in [3.8, 4) is 0 Å². The molecular formula is C16H32ClN3O3. The first-order valence-corrected chi connectivity index (χ1v) is 8.35. The Kier molecular flexibility index (Phi) is 10.4.